The second kappa shape index (κ2) is 2.85. The number of para-hydroxylation sites is 1. The fourth-order valence-corrected chi connectivity index (χ4v) is 1.38. The van der Waals surface area contributed by atoms with E-state index < -0.39 is 12.2 Å². The third-order valence-electron chi connectivity index (χ3n) is 2.24. The first kappa shape index (κ1) is 8.26. The van der Waals surface area contributed by atoms with Gasteiger partial charge in [0.05, 0.1) is 11.5 Å². The molecule has 1 aromatic carbocycles. The Kier molecular flexibility index (Phi) is 1.81. The molecule has 13 heavy (non-hydrogen) atoms. The Hall–Kier alpha value is -1.35. The molecule has 1 aromatic rings. The summed E-state index contributed by atoms with van der Waals surface area (Å²) in [7, 11) is 0. The Morgan fingerprint density at radius 1 is 1.38 bits per heavy atom. The maximum Gasteiger partial charge on any atom is 0.207 e. The lowest BCUT2D eigenvalue weighted by Crippen LogP contribution is -2.35. The van der Waals surface area contributed by atoms with Gasteiger partial charge in [-0.1, -0.05) is 12.1 Å². The molecule has 1 aliphatic heterocycles. The highest BCUT2D eigenvalue weighted by atomic mass is 16.6. The van der Waals surface area contributed by atoms with Crippen molar-refractivity contribution in [2.75, 3.05) is 0 Å². The number of ketones is 1. The lowest BCUT2D eigenvalue weighted by molar-refractivity contribution is -0.0544. The Morgan fingerprint density at radius 3 is 2.85 bits per heavy atom. The summed E-state index contributed by atoms with van der Waals surface area (Å²) in [6.45, 7) is 1.66. The van der Waals surface area contributed by atoms with Gasteiger partial charge in [0.15, 0.2) is 5.78 Å². The van der Waals surface area contributed by atoms with Crippen LogP contribution in [0, 0.1) is 5.92 Å². The Bertz CT molecular complexity index is 346. The molecular weight excluding hydrogens is 168 g/mol. The van der Waals surface area contributed by atoms with Gasteiger partial charge in [0.1, 0.15) is 5.75 Å². The molecule has 0 aliphatic carbocycles. The summed E-state index contributed by atoms with van der Waals surface area (Å²) in [6.07, 6.45) is -1.01. The van der Waals surface area contributed by atoms with E-state index in [2.05, 4.69) is 0 Å². The number of benzene rings is 1. The number of rotatable bonds is 0. The van der Waals surface area contributed by atoms with Gasteiger partial charge in [-0.25, -0.2) is 0 Å². The molecule has 2 rings (SSSR count). The van der Waals surface area contributed by atoms with Gasteiger partial charge in [-0.15, -0.1) is 0 Å². The molecule has 0 aromatic heterocycles. The number of Topliss-reactive ketones (excluding diaryl/α,β-unsaturated/α-hetero) is 1. The molecule has 1 aliphatic rings. The maximum absolute atomic E-state index is 11.6. The van der Waals surface area contributed by atoms with Gasteiger partial charge in [-0.2, -0.15) is 0 Å². The van der Waals surface area contributed by atoms with Crippen LogP contribution in [0.25, 0.3) is 0 Å². The van der Waals surface area contributed by atoms with Gasteiger partial charge < -0.3 is 9.84 Å². The molecule has 68 valence electrons. The predicted molar refractivity (Wildman–Crippen MR) is 46.6 cm³/mol. The molecule has 0 amide bonds. The lowest BCUT2D eigenvalue weighted by Gasteiger charge is -2.26. The van der Waals surface area contributed by atoms with Crippen LogP contribution in [0.3, 0.4) is 0 Å². The molecule has 0 saturated carbocycles. The topological polar surface area (TPSA) is 46.5 Å². The summed E-state index contributed by atoms with van der Waals surface area (Å²) in [5.74, 6) is -0.0673. The number of carbonyl (C=O) groups excluding carboxylic acids is 1. The van der Waals surface area contributed by atoms with Crippen molar-refractivity contribution in [3.8, 4) is 5.75 Å². The first-order valence-corrected chi connectivity index (χ1v) is 4.18. The van der Waals surface area contributed by atoms with E-state index in [1.807, 2.05) is 0 Å². The van der Waals surface area contributed by atoms with Crippen LogP contribution in [0.15, 0.2) is 24.3 Å². The number of hydrogen-bond donors (Lipinski definition) is 1. The average molecular weight is 178 g/mol. The summed E-state index contributed by atoms with van der Waals surface area (Å²) in [4.78, 5) is 11.6. The standard InChI is InChI=1S/C10H10O3/c1-6-9(11)7-4-2-3-5-8(7)13-10(6)12/h2-6,10,12H,1H3/t6-,10-/m0/s1. The third kappa shape index (κ3) is 1.21. The van der Waals surface area contributed by atoms with Gasteiger partial charge in [0.2, 0.25) is 6.29 Å². The minimum Gasteiger partial charge on any atom is -0.464 e. The molecule has 0 fully saturated rings. The molecule has 1 N–H and O–H groups in total. The zero-order chi connectivity index (χ0) is 9.42. The molecule has 0 bridgehead atoms. The fraction of sp³-hybridized carbons (Fsp3) is 0.300. The molecule has 3 heteroatoms. The predicted octanol–water partition coefficient (Wildman–Crippen LogP) is 1.22. The van der Waals surface area contributed by atoms with Crippen LogP contribution in [0.4, 0.5) is 0 Å². The van der Waals surface area contributed by atoms with Crippen molar-refractivity contribution in [3.05, 3.63) is 29.8 Å². The fourth-order valence-electron chi connectivity index (χ4n) is 1.38. The second-order valence-corrected chi connectivity index (χ2v) is 3.16. The molecule has 0 spiro atoms. The SMILES string of the molecule is C[C@H]1C(=O)c2ccccc2O[C@@H]1O. The van der Waals surface area contributed by atoms with Crippen molar-refractivity contribution in [2.45, 2.75) is 13.2 Å². The number of ether oxygens (including phenoxy) is 1. The number of fused-ring (bicyclic) bond motifs is 1. The monoisotopic (exact) mass is 178 g/mol. The van der Waals surface area contributed by atoms with Crippen molar-refractivity contribution in [1.29, 1.82) is 0 Å². The molecule has 0 saturated heterocycles. The van der Waals surface area contributed by atoms with E-state index in [0.29, 0.717) is 11.3 Å². The van der Waals surface area contributed by atoms with Crippen LogP contribution in [-0.4, -0.2) is 17.2 Å². The van der Waals surface area contributed by atoms with E-state index in [0.717, 1.165) is 0 Å². The number of hydrogen-bond acceptors (Lipinski definition) is 3. The second-order valence-electron chi connectivity index (χ2n) is 3.16. The highest BCUT2D eigenvalue weighted by molar-refractivity contribution is 6.01. The van der Waals surface area contributed by atoms with E-state index in [1.165, 1.54) is 0 Å². The Balaban J connectivity index is 2.49. The molecule has 1 heterocycles. The lowest BCUT2D eigenvalue weighted by atomic mass is 9.95. The zero-order valence-electron chi connectivity index (χ0n) is 7.23. The van der Waals surface area contributed by atoms with Crippen LogP contribution in [0.1, 0.15) is 17.3 Å². The first-order valence-electron chi connectivity index (χ1n) is 4.18. The van der Waals surface area contributed by atoms with Crippen LogP contribution < -0.4 is 4.74 Å². The molecular formula is C10H10O3. The smallest absolute Gasteiger partial charge is 0.207 e. The minimum absolute atomic E-state index is 0.0608. The van der Waals surface area contributed by atoms with Crippen molar-refractivity contribution in [1.82, 2.24) is 0 Å². The summed E-state index contributed by atoms with van der Waals surface area (Å²) >= 11 is 0. The summed E-state index contributed by atoms with van der Waals surface area (Å²) in [6, 6.07) is 6.95. The van der Waals surface area contributed by atoms with Gasteiger partial charge in [0.25, 0.3) is 0 Å². The Morgan fingerprint density at radius 2 is 2.08 bits per heavy atom. The van der Waals surface area contributed by atoms with Gasteiger partial charge in [-0.3, -0.25) is 4.79 Å². The van der Waals surface area contributed by atoms with Crippen molar-refractivity contribution in [3.63, 3.8) is 0 Å². The Labute approximate surface area is 76.0 Å². The van der Waals surface area contributed by atoms with Crippen LogP contribution in [0.5, 0.6) is 5.75 Å². The first-order chi connectivity index (χ1) is 6.20. The van der Waals surface area contributed by atoms with Gasteiger partial charge >= 0.3 is 0 Å². The van der Waals surface area contributed by atoms with Crippen molar-refractivity contribution >= 4 is 5.78 Å². The largest absolute Gasteiger partial charge is 0.464 e. The van der Waals surface area contributed by atoms with Crippen molar-refractivity contribution in [2.24, 2.45) is 5.92 Å². The van der Waals surface area contributed by atoms with Crippen LogP contribution >= 0.6 is 0 Å². The van der Waals surface area contributed by atoms with E-state index in [-0.39, 0.29) is 5.78 Å². The zero-order valence-corrected chi connectivity index (χ0v) is 7.23. The van der Waals surface area contributed by atoms with E-state index in [4.69, 9.17) is 4.74 Å². The number of carbonyl (C=O) groups is 1. The highest BCUT2D eigenvalue weighted by Gasteiger charge is 2.31. The molecule has 3 nitrogen and oxygen atoms in total. The quantitative estimate of drug-likeness (QED) is 0.649. The van der Waals surface area contributed by atoms with E-state index in [1.54, 1.807) is 31.2 Å². The minimum atomic E-state index is -1.01. The van der Waals surface area contributed by atoms with E-state index >= 15 is 0 Å². The van der Waals surface area contributed by atoms with Gasteiger partial charge in [-0.05, 0) is 19.1 Å². The van der Waals surface area contributed by atoms with Crippen LogP contribution in [0.2, 0.25) is 0 Å². The molecule has 0 radical (unpaired) electrons. The highest BCUT2D eigenvalue weighted by Crippen LogP contribution is 2.29. The van der Waals surface area contributed by atoms with Gasteiger partial charge in [0, 0.05) is 0 Å². The summed E-state index contributed by atoms with van der Waals surface area (Å²) in [5.41, 5.74) is 0.556. The normalized spacial score (nSPS) is 26.5. The molecule has 2 atom stereocenters. The number of aliphatic hydroxyl groups excluding tert-OH is 1. The van der Waals surface area contributed by atoms with E-state index in [9.17, 15) is 9.90 Å². The average Bonchev–Trinajstić information content (AvgIpc) is 2.15. The van der Waals surface area contributed by atoms with Crippen LogP contribution in [-0.2, 0) is 0 Å². The summed E-state index contributed by atoms with van der Waals surface area (Å²) < 4.78 is 5.15. The third-order valence-corrected chi connectivity index (χ3v) is 2.24. The van der Waals surface area contributed by atoms with Crippen molar-refractivity contribution < 1.29 is 14.6 Å². The number of aliphatic hydroxyl groups is 1. The molecule has 0 unspecified atom stereocenters. The maximum atomic E-state index is 11.6. The summed E-state index contributed by atoms with van der Waals surface area (Å²) in [5, 5.41) is 9.35.